The highest BCUT2D eigenvalue weighted by atomic mass is 32.2. The van der Waals surface area contributed by atoms with Crippen LogP contribution < -0.4 is 11.0 Å². The monoisotopic (exact) mass is 494 g/mol. The second kappa shape index (κ2) is 9.62. The van der Waals surface area contributed by atoms with Crippen LogP contribution >= 0.6 is 34.4 Å². The van der Waals surface area contributed by atoms with E-state index in [1.54, 1.807) is 27.2 Å². The van der Waals surface area contributed by atoms with Gasteiger partial charge in [-0.1, -0.05) is 36.0 Å². The number of hydrazone groups is 1. The average molecular weight is 495 g/mol. The standard InChI is InChI=1S/C24H22N4O2S3/c1-15(18-12-7-13-31-18)26-27-20(29)14-32-24-25-22-21(17-10-5-6-11-19(17)33-22)23(30)28(24)16-8-3-2-4-9-16/h2-4,7-9,12-13H,5-6,10-11,14H2,1H3,(H,27,29)/b26-15-. The second-order valence-electron chi connectivity index (χ2n) is 7.76. The van der Waals surface area contributed by atoms with Gasteiger partial charge in [0, 0.05) is 9.75 Å². The van der Waals surface area contributed by atoms with Gasteiger partial charge in [0.2, 0.25) is 0 Å². The Morgan fingerprint density at radius 2 is 2.00 bits per heavy atom. The number of thioether (sulfide) groups is 1. The molecule has 0 atom stereocenters. The van der Waals surface area contributed by atoms with Gasteiger partial charge in [-0.05, 0) is 61.7 Å². The Bertz CT molecular complexity index is 1390. The lowest BCUT2D eigenvalue weighted by atomic mass is 9.97. The molecular weight excluding hydrogens is 472 g/mol. The summed E-state index contributed by atoms with van der Waals surface area (Å²) >= 11 is 4.45. The number of aromatic nitrogens is 2. The number of fused-ring (bicyclic) bond motifs is 3. The van der Waals surface area contributed by atoms with Gasteiger partial charge in [0.25, 0.3) is 11.5 Å². The van der Waals surface area contributed by atoms with Crippen molar-refractivity contribution in [3.8, 4) is 5.69 Å². The summed E-state index contributed by atoms with van der Waals surface area (Å²) in [7, 11) is 0. The number of nitrogens with zero attached hydrogens (tertiary/aromatic N) is 3. The van der Waals surface area contributed by atoms with E-state index in [1.165, 1.54) is 16.6 Å². The summed E-state index contributed by atoms with van der Waals surface area (Å²) in [5.74, 6) is -0.132. The molecule has 1 aliphatic carbocycles. The molecule has 6 nitrogen and oxygen atoms in total. The van der Waals surface area contributed by atoms with Crippen LogP contribution in [0.3, 0.4) is 0 Å². The van der Waals surface area contributed by atoms with Gasteiger partial charge in [-0.25, -0.2) is 10.4 Å². The fraction of sp³-hybridized carbons (Fsp3) is 0.250. The van der Waals surface area contributed by atoms with E-state index in [9.17, 15) is 9.59 Å². The number of thiophene rings is 2. The first kappa shape index (κ1) is 22.1. The molecule has 168 valence electrons. The molecule has 9 heteroatoms. The summed E-state index contributed by atoms with van der Waals surface area (Å²) in [6.07, 6.45) is 4.19. The molecule has 0 saturated heterocycles. The zero-order valence-electron chi connectivity index (χ0n) is 18.0. The molecule has 33 heavy (non-hydrogen) atoms. The molecule has 1 aliphatic rings. The topological polar surface area (TPSA) is 76.3 Å². The number of rotatable bonds is 6. The van der Waals surface area contributed by atoms with Crippen molar-refractivity contribution in [2.45, 2.75) is 37.8 Å². The maximum atomic E-state index is 13.7. The third kappa shape index (κ3) is 4.53. The summed E-state index contributed by atoms with van der Waals surface area (Å²) < 4.78 is 1.64. The number of nitrogens with one attached hydrogen (secondary N) is 1. The van der Waals surface area contributed by atoms with Crippen LogP contribution in [-0.2, 0) is 17.6 Å². The molecule has 5 rings (SSSR count). The first-order chi connectivity index (χ1) is 16.1. The summed E-state index contributed by atoms with van der Waals surface area (Å²) in [5.41, 5.74) is 5.23. The zero-order chi connectivity index (χ0) is 22.8. The van der Waals surface area contributed by atoms with Crippen molar-refractivity contribution in [2.24, 2.45) is 5.10 Å². The molecule has 1 N–H and O–H groups in total. The predicted octanol–water partition coefficient (Wildman–Crippen LogP) is 5.02. The van der Waals surface area contributed by atoms with E-state index in [4.69, 9.17) is 4.98 Å². The van der Waals surface area contributed by atoms with Crippen molar-refractivity contribution in [1.29, 1.82) is 0 Å². The smallest absolute Gasteiger partial charge is 0.267 e. The SMILES string of the molecule is C/C(=N/NC(=O)CSc1nc2sc3c(c2c(=O)n1-c1ccccc1)CCCC3)c1cccs1. The van der Waals surface area contributed by atoms with Crippen molar-refractivity contribution in [2.75, 3.05) is 5.75 Å². The predicted molar refractivity (Wildman–Crippen MR) is 137 cm³/mol. The van der Waals surface area contributed by atoms with Crippen LogP contribution in [-0.4, -0.2) is 26.9 Å². The number of hydrogen-bond donors (Lipinski definition) is 1. The molecule has 0 fully saturated rings. The Balaban J connectivity index is 1.46. The minimum Gasteiger partial charge on any atom is -0.272 e. The molecule has 0 radical (unpaired) electrons. The normalized spacial score (nSPS) is 13.8. The highest BCUT2D eigenvalue weighted by Gasteiger charge is 2.23. The maximum Gasteiger partial charge on any atom is 0.267 e. The number of amides is 1. The molecule has 0 spiro atoms. The van der Waals surface area contributed by atoms with E-state index in [-0.39, 0.29) is 17.2 Å². The minimum atomic E-state index is -0.240. The zero-order valence-corrected chi connectivity index (χ0v) is 20.5. The van der Waals surface area contributed by atoms with E-state index in [0.29, 0.717) is 5.16 Å². The first-order valence-electron chi connectivity index (χ1n) is 10.7. The van der Waals surface area contributed by atoms with Crippen LogP contribution in [0.5, 0.6) is 0 Å². The molecule has 0 unspecified atom stereocenters. The van der Waals surface area contributed by atoms with Gasteiger partial charge in [-0.3, -0.25) is 14.2 Å². The fourth-order valence-electron chi connectivity index (χ4n) is 3.94. The number of benzene rings is 1. The van der Waals surface area contributed by atoms with E-state index >= 15 is 0 Å². The van der Waals surface area contributed by atoms with Gasteiger partial charge in [0.05, 0.1) is 22.5 Å². The quantitative estimate of drug-likeness (QED) is 0.177. The Kier molecular flexibility index (Phi) is 6.43. The third-order valence-corrected chi connectivity index (χ3v) is 8.63. The summed E-state index contributed by atoms with van der Waals surface area (Å²) in [6, 6.07) is 13.4. The lowest BCUT2D eigenvalue weighted by Crippen LogP contribution is -2.24. The van der Waals surface area contributed by atoms with Gasteiger partial charge in [0.15, 0.2) is 5.16 Å². The number of carbonyl (C=O) groups is 1. The van der Waals surface area contributed by atoms with Crippen LogP contribution in [0.25, 0.3) is 15.9 Å². The van der Waals surface area contributed by atoms with Crippen LogP contribution in [0.1, 0.15) is 35.1 Å². The van der Waals surface area contributed by atoms with Crippen LogP contribution in [0, 0.1) is 0 Å². The van der Waals surface area contributed by atoms with Gasteiger partial charge in [0.1, 0.15) is 4.83 Å². The van der Waals surface area contributed by atoms with Crippen LogP contribution in [0.2, 0.25) is 0 Å². The van der Waals surface area contributed by atoms with E-state index < -0.39 is 0 Å². The number of carbonyl (C=O) groups excluding carboxylic acids is 1. The van der Waals surface area contributed by atoms with Gasteiger partial charge >= 0.3 is 0 Å². The number of hydrogen-bond acceptors (Lipinski definition) is 7. The molecule has 3 aromatic heterocycles. The molecule has 0 aliphatic heterocycles. The summed E-state index contributed by atoms with van der Waals surface area (Å²) in [6.45, 7) is 1.86. The molecule has 3 heterocycles. The van der Waals surface area contributed by atoms with E-state index in [2.05, 4.69) is 10.5 Å². The van der Waals surface area contributed by atoms with Gasteiger partial charge in [-0.2, -0.15) is 5.10 Å². The fourth-order valence-corrected chi connectivity index (χ4v) is 6.72. The molecular formula is C24H22N4O2S3. The summed E-state index contributed by atoms with van der Waals surface area (Å²) in [4.78, 5) is 34.1. The van der Waals surface area contributed by atoms with E-state index in [1.807, 2.05) is 54.8 Å². The van der Waals surface area contributed by atoms with Crippen molar-refractivity contribution in [1.82, 2.24) is 15.0 Å². The van der Waals surface area contributed by atoms with Gasteiger partial charge in [-0.15, -0.1) is 22.7 Å². The van der Waals surface area contributed by atoms with Crippen LogP contribution in [0.4, 0.5) is 0 Å². The number of aryl methyl sites for hydroxylation is 2. The molecule has 0 saturated carbocycles. The maximum absolute atomic E-state index is 13.7. The second-order valence-corrected chi connectivity index (χ2v) is 10.7. The van der Waals surface area contributed by atoms with Crippen molar-refractivity contribution < 1.29 is 4.79 Å². The molecule has 4 aromatic rings. The van der Waals surface area contributed by atoms with Crippen molar-refractivity contribution in [3.05, 3.63) is 73.5 Å². The Morgan fingerprint density at radius 3 is 2.79 bits per heavy atom. The van der Waals surface area contributed by atoms with E-state index in [0.717, 1.165) is 57.7 Å². The largest absolute Gasteiger partial charge is 0.272 e. The average Bonchev–Trinajstić information content (AvgIpc) is 3.50. The Morgan fingerprint density at radius 1 is 1.18 bits per heavy atom. The van der Waals surface area contributed by atoms with Crippen molar-refractivity contribution >= 4 is 56.3 Å². The first-order valence-corrected chi connectivity index (χ1v) is 13.4. The molecule has 1 aromatic carbocycles. The number of para-hydroxylation sites is 1. The molecule has 1 amide bonds. The lowest BCUT2D eigenvalue weighted by molar-refractivity contribution is -0.118. The lowest BCUT2D eigenvalue weighted by Gasteiger charge is -2.13. The van der Waals surface area contributed by atoms with Gasteiger partial charge < -0.3 is 0 Å². The third-order valence-electron chi connectivity index (χ3n) is 5.53. The Hall–Kier alpha value is -2.75. The highest BCUT2D eigenvalue weighted by Crippen LogP contribution is 2.35. The Labute approximate surface area is 203 Å². The highest BCUT2D eigenvalue weighted by molar-refractivity contribution is 7.99. The minimum absolute atomic E-state index is 0.0555. The van der Waals surface area contributed by atoms with Crippen LogP contribution in [0.15, 0.2) is 62.9 Å². The van der Waals surface area contributed by atoms with Crippen molar-refractivity contribution in [3.63, 3.8) is 0 Å². The molecule has 0 bridgehead atoms. The summed E-state index contributed by atoms with van der Waals surface area (Å²) in [5, 5.41) is 7.43.